The standard InChI is InChI=1S/C47H34N6/c1-33-15-13-24-42-45(33)50-46-52(42)41-27-26-39(30-43(41)53(46)44-25-11-12-28-48-44)47(36-18-7-3-8-19-36,37-20-9-4-10-21-37)38-22-14-23-40(29-38)51-32-35(31-49-51)34-16-5-2-6-17-34/h2-32H,1H3. The first kappa shape index (κ1) is 30.7. The number of nitrogens with zero attached hydrogens (tertiary/aromatic N) is 6. The fraction of sp³-hybridized carbons (Fsp3) is 0.0426. The summed E-state index contributed by atoms with van der Waals surface area (Å²) in [7, 11) is 0. The van der Waals surface area contributed by atoms with E-state index in [1.807, 2.05) is 35.3 Å². The number of benzene rings is 6. The molecule has 0 atom stereocenters. The lowest BCUT2D eigenvalue weighted by molar-refractivity contribution is 0.742. The largest absolute Gasteiger partial charge is 0.276 e. The topological polar surface area (TPSA) is 52.9 Å². The number of aromatic nitrogens is 6. The van der Waals surface area contributed by atoms with Crippen molar-refractivity contribution in [3.05, 3.63) is 216 Å². The van der Waals surface area contributed by atoms with Gasteiger partial charge in [0.25, 0.3) is 0 Å². The maximum atomic E-state index is 5.24. The van der Waals surface area contributed by atoms with Gasteiger partial charge in [-0.2, -0.15) is 5.10 Å². The molecule has 0 aliphatic heterocycles. The van der Waals surface area contributed by atoms with Crippen LogP contribution in [0.15, 0.2) is 188 Å². The first-order valence-electron chi connectivity index (χ1n) is 17.9. The van der Waals surface area contributed by atoms with Crippen LogP contribution in [0.4, 0.5) is 0 Å². The SMILES string of the molecule is Cc1cccc2c1nc1n(-c3ccccn3)c3cc(C(c4ccccc4)(c4ccccc4)c4cccc(-n5cc(-c6ccccc6)cn5)c4)ccc3n21. The van der Waals surface area contributed by atoms with E-state index in [9.17, 15) is 0 Å². The molecule has 0 radical (unpaired) electrons. The van der Waals surface area contributed by atoms with Gasteiger partial charge in [-0.25, -0.2) is 14.6 Å². The highest BCUT2D eigenvalue weighted by Gasteiger charge is 2.39. The van der Waals surface area contributed by atoms with E-state index in [2.05, 4.69) is 174 Å². The molecule has 0 spiro atoms. The zero-order valence-corrected chi connectivity index (χ0v) is 29.1. The van der Waals surface area contributed by atoms with Crippen LogP contribution in [0.2, 0.25) is 0 Å². The van der Waals surface area contributed by atoms with Crippen molar-refractivity contribution in [3.8, 4) is 22.6 Å². The Morgan fingerprint density at radius 2 is 1.21 bits per heavy atom. The summed E-state index contributed by atoms with van der Waals surface area (Å²) >= 11 is 0. The molecular formula is C47H34N6. The van der Waals surface area contributed by atoms with E-state index in [1.165, 1.54) is 0 Å². The maximum absolute atomic E-state index is 5.24. The smallest absolute Gasteiger partial charge is 0.221 e. The number of aryl methyl sites for hydroxylation is 1. The van der Waals surface area contributed by atoms with E-state index in [0.29, 0.717) is 0 Å². The molecule has 0 aliphatic rings. The third-order valence-electron chi connectivity index (χ3n) is 10.5. The summed E-state index contributed by atoms with van der Waals surface area (Å²) in [5, 5.41) is 4.84. The van der Waals surface area contributed by atoms with E-state index >= 15 is 0 Å². The molecular weight excluding hydrogens is 649 g/mol. The van der Waals surface area contributed by atoms with Crippen molar-refractivity contribution < 1.29 is 0 Å². The molecule has 0 aliphatic carbocycles. The fourth-order valence-electron chi connectivity index (χ4n) is 8.06. The number of imidazole rings is 2. The summed E-state index contributed by atoms with van der Waals surface area (Å²) in [6, 6.07) is 60.2. The molecule has 0 amide bonds. The Morgan fingerprint density at radius 1 is 0.528 bits per heavy atom. The van der Waals surface area contributed by atoms with Gasteiger partial charge in [0.15, 0.2) is 0 Å². The predicted octanol–water partition coefficient (Wildman–Crippen LogP) is 10.4. The van der Waals surface area contributed by atoms with Crippen LogP contribution in [0.1, 0.15) is 27.8 Å². The summed E-state index contributed by atoms with van der Waals surface area (Å²) in [6.45, 7) is 2.12. The number of para-hydroxylation sites is 1. The molecule has 0 unspecified atom stereocenters. The van der Waals surface area contributed by atoms with Gasteiger partial charge < -0.3 is 0 Å². The van der Waals surface area contributed by atoms with Crippen LogP contribution in [-0.4, -0.2) is 28.7 Å². The van der Waals surface area contributed by atoms with E-state index in [1.54, 1.807) is 0 Å². The van der Waals surface area contributed by atoms with Crippen LogP contribution in [0.3, 0.4) is 0 Å². The minimum absolute atomic E-state index is 0.692. The highest BCUT2D eigenvalue weighted by Crippen LogP contribution is 2.47. The lowest BCUT2D eigenvalue weighted by Crippen LogP contribution is -2.31. The van der Waals surface area contributed by atoms with Crippen molar-refractivity contribution in [2.24, 2.45) is 0 Å². The third kappa shape index (κ3) is 4.84. The molecule has 6 aromatic carbocycles. The second-order valence-electron chi connectivity index (χ2n) is 13.5. The lowest BCUT2D eigenvalue weighted by Gasteiger charge is -2.37. The first-order chi connectivity index (χ1) is 26.2. The normalized spacial score (nSPS) is 11.9. The van der Waals surface area contributed by atoms with Crippen molar-refractivity contribution >= 4 is 27.8 Å². The summed E-state index contributed by atoms with van der Waals surface area (Å²) in [5.41, 5.74) is 12.4. The van der Waals surface area contributed by atoms with Crippen LogP contribution < -0.4 is 0 Å². The average Bonchev–Trinajstić information content (AvgIpc) is 3.95. The van der Waals surface area contributed by atoms with Gasteiger partial charge in [-0.1, -0.05) is 127 Å². The molecule has 0 bridgehead atoms. The Kier molecular flexibility index (Phi) is 7.15. The molecule has 53 heavy (non-hydrogen) atoms. The second kappa shape index (κ2) is 12.3. The molecule has 0 saturated carbocycles. The van der Waals surface area contributed by atoms with Gasteiger partial charge in [0.2, 0.25) is 5.78 Å². The van der Waals surface area contributed by atoms with Gasteiger partial charge in [-0.15, -0.1) is 0 Å². The summed E-state index contributed by atoms with van der Waals surface area (Å²) in [5.74, 6) is 1.65. The molecule has 252 valence electrons. The fourth-order valence-corrected chi connectivity index (χ4v) is 8.06. The molecule has 10 rings (SSSR count). The van der Waals surface area contributed by atoms with E-state index in [-0.39, 0.29) is 0 Å². The number of rotatable bonds is 7. The van der Waals surface area contributed by atoms with Gasteiger partial charge in [-0.3, -0.25) is 8.97 Å². The van der Waals surface area contributed by atoms with E-state index in [0.717, 1.165) is 78.3 Å². The molecule has 0 N–H and O–H groups in total. The van der Waals surface area contributed by atoms with Crippen molar-refractivity contribution in [3.63, 3.8) is 0 Å². The van der Waals surface area contributed by atoms with Gasteiger partial charge >= 0.3 is 0 Å². The minimum atomic E-state index is -0.692. The van der Waals surface area contributed by atoms with Gasteiger partial charge in [0.1, 0.15) is 5.82 Å². The molecule has 4 aromatic heterocycles. The van der Waals surface area contributed by atoms with Crippen LogP contribution in [0, 0.1) is 6.92 Å². The lowest BCUT2D eigenvalue weighted by atomic mass is 9.65. The monoisotopic (exact) mass is 682 g/mol. The zero-order valence-electron chi connectivity index (χ0n) is 29.1. The van der Waals surface area contributed by atoms with Gasteiger partial charge in [-0.05, 0) is 82.8 Å². The van der Waals surface area contributed by atoms with E-state index in [4.69, 9.17) is 15.1 Å². The second-order valence-corrected chi connectivity index (χ2v) is 13.5. The van der Waals surface area contributed by atoms with Crippen molar-refractivity contribution in [1.29, 1.82) is 0 Å². The quantitative estimate of drug-likeness (QED) is 0.157. The van der Waals surface area contributed by atoms with Crippen molar-refractivity contribution in [2.75, 3.05) is 0 Å². The van der Waals surface area contributed by atoms with Crippen molar-refractivity contribution in [1.82, 2.24) is 28.7 Å². The minimum Gasteiger partial charge on any atom is -0.276 e. The Labute approximate surface area is 306 Å². The van der Waals surface area contributed by atoms with Gasteiger partial charge in [0, 0.05) is 18.0 Å². The highest BCUT2D eigenvalue weighted by molar-refractivity contribution is 5.93. The Hall–Kier alpha value is -7.05. The number of hydrogen-bond donors (Lipinski definition) is 0. The van der Waals surface area contributed by atoms with Gasteiger partial charge in [0.05, 0.1) is 39.4 Å². The average molecular weight is 683 g/mol. The number of hydrogen-bond acceptors (Lipinski definition) is 3. The van der Waals surface area contributed by atoms with Crippen LogP contribution >= 0.6 is 0 Å². The molecule has 10 aromatic rings. The number of pyridine rings is 1. The number of fused-ring (bicyclic) bond motifs is 5. The molecule has 0 saturated heterocycles. The Balaban J connectivity index is 1.27. The third-order valence-corrected chi connectivity index (χ3v) is 10.5. The zero-order chi connectivity index (χ0) is 35.4. The first-order valence-corrected chi connectivity index (χ1v) is 17.9. The van der Waals surface area contributed by atoms with E-state index < -0.39 is 5.41 Å². The molecule has 6 nitrogen and oxygen atoms in total. The molecule has 6 heteroatoms. The Bertz CT molecular complexity index is 2850. The summed E-state index contributed by atoms with van der Waals surface area (Å²) < 4.78 is 6.44. The van der Waals surface area contributed by atoms with Crippen LogP contribution in [0.5, 0.6) is 0 Å². The Morgan fingerprint density at radius 3 is 1.94 bits per heavy atom. The summed E-state index contributed by atoms with van der Waals surface area (Å²) in [6.07, 6.45) is 5.89. The highest BCUT2D eigenvalue weighted by atomic mass is 15.3. The molecule has 4 heterocycles. The maximum Gasteiger partial charge on any atom is 0.221 e. The van der Waals surface area contributed by atoms with Crippen LogP contribution in [-0.2, 0) is 5.41 Å². The predicted molar refractivity (Wildman–Crippen MR) is 213 cm³/mol. The molecule has 0 fully saturated rings. The van der Waals surface area contributed by atoms with Crippen LogP contribution in [0.25, 0.3) is 50.5 Å². The van der Waals surface area contributed by atoms with Crippen molar-refractivity contribution in [2.45, 2.75) is 12.3 Å². The summed E-state index contributed by atoms with van der Waals surface area (Å²) in [4.78, 5) is 10.1.